The molecular weight excluding hydrogens is 180 g/mol. The average Bonchev–Trinajstić information content (AvgIpc) is 1.99. The first-order valence-electron chi connectivity index (χ1n) is 5.44. The third kappa shape index (κ3) is 2.25. The lowest BCUT2D eigenvalue weighted by atomic mass is 10.1. The molecule has 2 fully saturated rings. The van der Waals surface area contributed by atoms with E-state index in [1.54, 1.807) is 0 Å². The van der Waals surface area contributed by atoms with Crippen LogP contribution in [0.25, 0.3) is 0 Å². The third-order valence-electron chi connectivity index (χ3n) is 3.05. The van der Waals surface area contributed by atoms with Gasteiger partial charge >= 0.3 is 0 Å². The number of carbonyl (C=O) groups is 1. The Hall–Kier alpha value is -0.610. The van der Waals surface area contributed by atoms with Crippen LogP contribution in [-0.2, 0) is 4.79 Å². The van der Waals surface area contributed by atoms with E-state index in [0.29, 0.717) is 13.1 Å². The molecule has 4 heteroatoms. The topological polar surface area (TPSA) is 43.8 Å². The Bertz CT molecular complexity index is 216. The maximum absolute atomic E-state index is 11.6. The van der Waals surface area contributed by atoms with Crippen molar-refractivity contribution in [3.05, 3.63) is 0 Å². The molecule has 0 spiro atoms. The lowest BCUT2D eigenvalue weighted by Crippen LogP contribution is -2.49. The summed E-state index contributed by atoms with van der Waals surface area (Å²) in [5, 5.41) is 9.44. The van der Waals surface area contributed by atoms with Crippen LogP contribution in [0.3, 0.4) is 0 Å². The van der Waals surface area contributed by atoms with Crippen molar-refractivity contribution in [2.24, 2.45) is 0 Å². The zero-order valence-electron chi connectivity index (χ0n) is 8.48. The van der Waals surface area contributed by atoms with E-state index >= 15 is 0 Å². The Morgan fingerprint density at radius 2 is 2.07 bits per heavy atom. The molecule has 14 heavy (non-hydrogen) atoms. The number of amides is 1. The maximum atomic E-state index is 11.6. The fraction of sp³-hybridized carbons (Fsp3) is 0.900. The fourth-order valence-corrected chi connectivity index (χ4v) is 2.03. The minimum Gasteiger partial charge on any atom is -0.392 e. The van der Waals surface area contributed by atoms with Crippen LogP contribution in [0.2, 0.25) is 0 Å². The van der Waals surface area contributed by atoms with Crippen LogP contribution >= 0.6 is 0 Å². The molecule has 0 aliphatic carbocycles. The van der Waals surface area contributed by atoms with Crippen molar-refractivity contribution in [1.82, 2.24) is 9.80 Å². The summed E-state index contributed by atoms with van der Waals surface area (Å²) < 4.78 is 0. The number of hydrogen-bond donors (Lipinski definition) is 1. The van der Waals surface area contributed by atoms with Gasteiger partial charge in [0.25, 0.3) is 0 Å². The molecule has 2 heterocycles. The molecule has 1 amide bonds. The van der Waals surface area contributed by atoms with Gasteiger partial charge in [-0.05, 0) is 25.8 Å². The van der Waals surface area contributed by atoms with Crippen LogP contribution in [0.15, 0.2) is 0 Å². The summed E-state index contributed by atoms with van der Waals surface area (Å²) in [6.07, 6.45) is 2.81. The first-order valence-corrected chi connectivity index (χ1v) is 5.44. The number of carbonyl (C=O) groups excluding carboxylic acids is 1. The van der Waals surface area contributed by atoms with Gasteiger partial charge in [0.05, 0.1) is 12.6 Å². The summed E-state index contributed by atoms with van der Waals surface area (Å²) in [5.74, 6) is 0.227. The van der Waals surface area contributed by atoms with E-state index in [1.165, 1.54) is 0 Å². The van der Waals surface area contributed by atoms with Gasteiger partial charge in [0.1, 0.15) is 0 Å². The van der Waals surface area contributed by atoms with Gasteiger partial charge in [-0.15, -0.1) is 0 Å². The fourth-order valence-electron chi connectivity index (χ4n) is 2.03. The highest BCUT2D eigenvalue weighted by Gasteiger charge is 2.24. The summed E-state index contributed by atoms with van der Waals surface area (Å²) in [7, 11) is 0. The molecule has 0 saturated carbocycles. The molecule has 0 aromatic heterocycles. The van der Waals surface area contributed by atoms with E-state index in [4.69, 9.17) is 0 Å². The number of aliphatic hydroxyl groups is 1. The van der Waals surface area contributed by atoms with E-state index in [0.717, 1.165) is 38.9 Å². The van der Waals surface area contributed by atoms with Gasteiger partial charge in [-0.25, -0.2) is 0 Å². The monoisotopic (exact) mass is 198 g/mol. The molecule has 2 aliphatic rings. The molecule has 4 nitrogen and oxygen atoms in total. The number of rotatable bonds is 2. The number of β-amino-alcohol motifs (C(OH)–C–C–N with tert-alkyl or cyclic N) is 1. The summed E-state index contributed by atoms with van der Waals surface area (Å²) in [6, 6.07) is 0. The van der Waals surface area contributed by atoms with Crippen LogP contribution in [-0.4, -0.2) is 59.6 Å². The van der Waals surface area contributed by atoms with Gasteiger partial charge < -0.3 is 10.0 Å². The quantitative estimate of drug-likeness (QED) is 0.661. The molecule has 2 saturated heterocycles. The second kappa shape index (κ2) is 4.28. The molecule has 0 aromatic carbocycles. The Balaban J connectivity index is 1.75. The lowest BCUT2D eigenvalue weighted by Gasteiger charge is -2.35. The second-order valence-electron chi connectivity index (χ2n) is 4.27. The van der Waals surface area contributed by atoms with E-state index in [1.807, 2.05) is 4.90 Å². The Morgan fingerprint density at radius 1 is 1.29 bits per heavy atom. The normalized spacial score (nSPS) is 28.6. The highest BCUT2D eigenvalue weighted by Crippen LogP contribution is 2.11. The molecule has 2 rings (SSSR count). The van der Waals surface area contributed by atoms with Crippen LogP contribution in [0.5, 0.6) is 0 Å². The van der Waals surface area contributed by atoms with Gasteiger partial charge in [0, 0.05) is 19.6 Å². The van der Waals surface area contributed by atoms with Crippen LogP contribution < -0.4 is 0 Å². The number of likely N-dealkylation sites (tertiary alicyclic amines) is 2. The van der Waals surface area contributed by atoms with Crippen LogP contribution in [0.1, 0.15) is 19.3 Å². The van der Waals surface area contributed by atoms with E-state index in [9.17, 15) is 9.90 Å². The molecule has 80 valence electrons. The molecule has 1 N–H and O–H groups in total. The molecule has 1 atom stereocenters. The molecule has 0 unspecified atom stereocenters. The first-order chi connectivity index (χ1) is 6.75. The van der Waals surface area contributed by atoms with Gasteiger partial charge in [-0.2, -0.15) is 0 Å². The van der Waals surface area contributed by atoms with Gasteiger partial charge in [0.2, 0.25) is 5.91 Å². The lowest BCUT2D eigenvalue weighted by molar-refractivity contribution is -0.136. The van der Waals surface area contributed by atoms with Crippen molar-refractivity contribution in [2.75, 3.05) is 32.7 Å². The highest BCUT2D eigenvalue weighted by molar-refractivity contribution is 5.78. The highest BCUT2D eigenvalue weighted by atomic mass is 16.3. The van der Waals surface area contributed by atoms with Gasteiger partial charge in [0.15, 0.2) is 0 Å². The van der Waals surface area contributed by atoms with Crippen molar-refractivity contribution < 1.29 is 9.90 Å². The van der Waals surface area contributed by atoms with Crippen LogP contribution in [0.4, 0.5) is 0 Å². The summed E-state index contributed by atoms with van der Waals surface area (Å²) in [6.45, 7) is 3.97. The van der Waals surface area contributed by atoms with Crippen molar-refractivity contribution >= 4 is 5.91 Å². The zero-order valence-corrected chi connectivity index (χ0v) is 8.48. The van der Waals surface area contributed by atoms with Crippen molar-refractivity contribution in [1.29, 1.82) is 0 Å². The average molecular weight is 198 g/mol. The minimum atomic E-state index is -0.229. The first kappa shape index (κ1) is 9.93. The molecule has 0 radical (unpaired) electrons. The third-order valence-corrected chi connectivity index (χ3v) is 3.05. The Labute approximate surface area is 84.5 Å². The summed E-state index contributed by atoms with van der Waals surface area (Å²) in [5.41, 5.74) is 0. The SMILES string of the molecule is O=C(CN1CCC[C@H](O)C1)N1CCC1. The largest absolute Gasteiger partial charge is 0.392 e. The zero-order chi connectivity index (χ0) is 9.97. The van der Waals surface area contributed by atoms with Crippen molar-refractivity contribution in [3.63, 3.8) is 0 Å². The standard InChI is InChI=1S/C10H18N2O2/c13-9-3-1-4-11(7-9)8-10(14)12-5-2-6-12/h9,13H,1-8H2/t9-/m0/s1. The predicted octanol–water partition coefficient (Wildman–Crippen LogP) is -0.325. The molecule has 2 aliphatic heterocycles. The summed E-state index contributed by atoms with van der Waals surface area (Å²) in [4.78, 5) is 15.6. The second-order valence-corrected chi connectivity index (χ2v) is 4.27. The minimum absolute atomic E-state index is 0.227. The van der Waals surface area contributed by atoms with E-state index in [-0.39, 0.29) is 12.0 Å². The van der Waals surface area contributed by atoms with Gasteiger partial charge in [-0.1, -0.05) is 0 Å². The Morgan fingerprint density at radius 3 is 2.64 bits per heavy atom. The predicted molar refractivity (Wildman–Crippen MR) is 52.9 cm³/mol. The Kier molecular flexibility index (Phi) is 3.03. The number of piperidine rings is 1. The molecule has 0 bridgehead atoms. The van der Waals surface area contributed by atoms with Crippen LogP contribution in [0, 0.1) is 0 Å². The summed E-state index contributed by atoms with van der Waals surface area (Å²) >= 11 is 0. The smallest absolute Gasteiger partial charge is 0.236 e. The maximum Gasteiger partial charge on any atom is 0.236 e. The van der Waals surface area contributed by atoms with Crippen molar-refractivity contribution in [3.8, 4) is 0 Å². The van der Waals surface area contributed by atoms with Crippen molar-refractivity contribution in [2.45, 2.75) is 25.4 Å². The number of hydrogen-bond acceptors (Lipinski definition) is 3. The number of nitrogens with zero attached hydrogens (tertiary/aromatic N) is 2. The number of aliphatic hydroxyl groups excluding tert-OH is 1. The van der Waals surface area contributed by atoms with E-state index in [2.05, 4.69) is 4.90 Å². The van der Waals surface area contributed by atoms with Gasteiger partial charge in [-0.3, -0.25) is 9.69 Å². The van der Waals surface area contributed by atoms with E-state index < -0.39 is 0 Å². The molecular formula is C10H18N2O2. The molecule has 0 aromatic rings.